The standard InChI is InChI=1S/C22H26N2O5/c1-22(20(25)23-17-10-11-18(27-2)19(14-17)28-3)12-7-13-24(22)21(26)29-15-16-8-5-4-6-9-16/h4-6,8-11,14H,7,12-13,15H2,1-3H3,(H,23,25). The molecule has 1 aliphatic heterocycles. The Labute approximate surface area is 170 Å². The predicted octanol–water partition coefficient (Wildman–Crippen LogP) is 3.83. The third kappa shape index (κ3) is 4.45. The molecule has 1 saturated heterocycles. The molecule has 2 aromatic rings. The maximum Gasteiger partial charge on any atom is 0.410 e. The first-order valence-corrected chi connectivity index (χ1v) is 9.50. The minimum Gasteiger partial charge on any atom is -0.493 e. The first-order valence-electron chi connectivity index (χ1n) is 9.50. The number of nitrogens with one attached hydrogen (secondary N) is 1. The first kappa shape index (κ1) is 20.5. The molecule has 0 bridgehead atoms. The minimum atomic E-state index is -0.985. The number of benzene rings is 2. The van der Waals surface area contributed by atoms with Crippen LogP contribution in [0.3, 0.4) is 0 Å². The third-order valence-corrected chi connectivity index (χ3v) is 5.20. The van der Waals surface area contributed by atoms with Crippen LogP contribution in [0.25, 0.3) is 0 Å². The average molecular weight is 398 g/mol. The van der Waals surface area contributed by atoms with Gasteiger partial charge in [-0.3, -0.25) is 9.69 Å². The zero-order chi connectivity index (χ0) is 20.9. The molecular weight excluding hydrogens is 372 g/mol. The van der Waals surface area contributed by atoms with E-state index in [0.717, 1.165) is 12.0 Å². The summed E-state index contributed by atoms with van der Waals surface area (Å²) in [6.45, 7) is 2.41. The van der Waals surface area contributed by atoms with Crippen LogP contribution in [-0.4, -0.2) is 43.2 Å². The summed E-state index contributed by atoms with van der Waals surface area (Å²) in [6, 6.07) is 14.6. The molecule has 7 heteroatoms. The molecular formula is C22H26N2O5. The zero-order valence-electron chi connectivity index (χ0n) is 16.9. The quantitative estimate of drug-likeness (QED) is 0.800. The first-order chi connectivity index (χ1) is 14.0. The summed E-state index contributed by atoms with van der Waals surface area (Å²) >= 11 is 0. The van der Waals surface area contributed by atoms with Gasteiger partial charge in [-0.2, -0.15) is 0 Å². The number of carbonyl (C=O) groups is 2. The van der Waals surface area contributed by atoms with Gasteiger partial charge in [0.15, 0.2) is 11.5 Å². The maximum atomic E-state index is 13.0. The van der Waals surface area contributed by atoms with Crippen molar-refractivity contribution in [3.05, 3.63) is 54.1 Å². The Morgan fingerprint density at radius 1 is 1.07 bits per heavy atom. The van der Waals surface area contributed by atoms with E-state index in [2.05, 4.69) is 5.32 Å². The van der Waals surface area contributed by atoms with Crippen LogP contribution in [0.2, 0.25) is 0 Å². The van der Waals surface area contributed by atoms with Crippen molar-refractivity contribution in [2.45, 2.75) is 31.9 Å². The highest BCUT2D eigenvalue weighted by atomic mass is 16.6. The Hall–Kier alpha value is -3.22. The van der Waals surface area contributed by atoms with Crippen LogP contribution >= 0.6 is 0 Å². The molecule has 1 heterocycles. The van der Waals surface area contributed by atoms with E-state index in [-0.39, 0.29) is 12.5 Å². The Morgan fingerprint density at radius 2 is 1.79 bits per heavy atom. The van der Waals surface area contributed by atoms with E-state index >= 15 is 0 Å². The summed E-state index contributed by atoms with van der Waals surface area (Å²) in [7, 11) is 3.08. The summed E-state index contributed by atoms with van der Waals surface area (Å²) in [4.78, 5) is 27.2. The van der Waals surface area contributed by atoms with Crippen molar-refractivity contribution in [3.8, 4) is 11.5 Å². The van der Waals surface area contributed by atoms with E-state index in [1.165, 1.54) is 12.0 Å². The van der Waals surface area contributed by atoms with E-state index < -0.39 is 11.6 Å². The fourth-order valence-corrected chi connectivity index (χ4v) is 3.47. The predicted molar refractivity (Wildman–Crippen MR) is 109 cm³/mol. The molecule has 0 aromatic heterocycles. The highest BCUT2D eigenvalue weighted by Crippen LogP contribution is 2.33. The van der Waals surface area contributed by atoms with Crippen LogP contribution in [0.1, 0.15) is 25.3 Å². The van der Waals surface area contributed by atoms with Crippen molar-refractivity contribution >= 4 is 17.7 Å². The van der Waals surface area contributed by atoms with E-state index in [1.807, 2.05) is 30.3 Å². The van der Waals surface area contributed by atoms with E-state index in [1.54, 1.807) is 32.2 Å². The fraction of sp³-hybridized carbons (Fsp3) is 0.364. The van der Waals surface area contributed by atoms with Gasteiger partial charge in [0.2, 0.25) is 5.91 Å². The van der Waals surface area contributed by atoms with Gasteiger partial charge in [0.1, 0.15) is 12.1 Å². The second-order valence-electron chi connectivity index (χ2n) is 7.09. The lowest BCUT2D eigenvalue weighted by atomic mass is 9.97. The van der Waals surface area contributed by atoms with Gasteiger partial charge in [0, 0.05) is 18.3 Å². The summed E-state index contributed by atoms with van der Waals surface area (Å²) in [6.07, 6.45) is 0.805. The lowest BCUT2D eigenvalue weighted by Gasteiger charge is -2.33. The van der Waals surface area contributed by atoms with Gasteiger partial charge in [0.05, 0.1) is 14.2 Å². The molecule has 1 fully saturated rings. The average Bonchev–Trinajstić information content (AvgIpc) is 3.15. The number of amides is 2. The van der Waals surface area contributed by atoms with Crippen LogP contribution in [0.5, 0.6) is 11.5 Å². The van der Waals surface area contributed by atoms with Gasteiger partial charge >= 0.3 is 6.09 Å². The molecule has 1 N–H and O–H groups in total. The molecule has 0 radical (unpaired) electrons. The molecule has 2 aromatic carbocycles. The van der Waals surface area contributed by atoms with Crippen LogP contribution < -0.4 is 14.8 Å². The largest absolute Gasteiger partial charge is 0.493 e. The Morgan fingerprint density at radius 3 is 2.48 bits per heavy atom. The molecule has 2 amide bonds. The summed E-state index contributed by atoms with van der Waals surface area (Å²) < 4.78 is 15.9. The Balaban J connectivity index is 1.69. The van der Waals surface area contributed by atoms with Gasteiger partial charge in [-0.15, -0.1) is 0 Å². The normalized spacial score (nSPS) is 18.2. The molecule has 0 aliphatic carbocycles. The monoisotopic (exact) mass is 398 g/mol. The molecule has 3 rings (SSSR count). The number of hydrogen-bond acceptors (Lipinski definition) is 5. The van der Waals surface area contributed by atoms with Crippen LogP contribution in [0, 0.1) is 0 Å². The van der Waals surface area contributed by atoms with Gasteiger partial charge in [-0.25, -0.2) is 4.79 Å². The van der Waals surface area contributed by atoms with E-state index in [0.29, 0.717) is 30.2 Å². The maximum absolute atomic E-state index is 13.0. The fourth-order valence-electron chi connectivity index (χ4n) is 3.47. The molecule has 1 atom stereocenters. The molecule has 29 heavy (non-hydrogen) atoms. The van der Waals surface area contributed by atoms with Gasteiger partial charge in [-0.05, 0) is 37.5 Å². The number of hydrogen-bond donors (Lipinski definition) is 1. The van der Waals surface area contributed by atoms with Crippen LogP contribution in [-0.2, 0) is 16.1 Å². The van der Waals surface area contributed by atoms with Crippen LogP contribution in [0.15, 0.2) is 48.5 Å². The smallest absolute Gasteiger partial charge is 0.410 e. The van der Waals surface area contributed by atoms with Crippen LogP contribution in [0.4, 0.5) is 10.5 Å². The van der Waals surface area contributed by atoms with Crippen molar-refractivity contribution < 1.29 is 23.8 Å². The van der Waals surface area contributed by atoms with Gasteiger partial charge in [-0.1, -0.05) is 30.3 Å². The van der Waals surface area contributed by atoms with Crippen molar-refractivity contribution in [2.75, 3.05) is 26.1 Å². The Kier molecular flexibility index (Phi) is 6.26. The van der Waals surface area contributed by atoms with E-state index in [9.17, 15) is 9.59 Å². The molecule has 154 valence electrons. The summed E-state index contributed by atoms with van der Waals surface area (Å²) in [5.74, 6) is 0.823. The van der Waals surface area contributed by atoms with Crippen molar-refractivity contribution in [2.24, 2.45) is 0 Å². The topological polar surface area (TPSA) is 77.1 Å². The zero-order valence-corrected chi connectivity index (χ0v) is 16.9. The summed E-state index contributed by atoms with van der Waals surface area (Å²) in [5, 5.41) is 2.89. The van der Waals surface area contributed by atoms with E-state index in [4.69, 9.17) is 14.2 Å². The second-order valence-corrected chi connectivity index (χ2v) is 7.09. The SMILES string of the molecule is COc1ccc(NC(=O)C2(C)CCCN2C(=O)OCc2ccccc2)cc1OC. The molecule has 7 nitrogen and oxygen atoms in total. The number of ether oxygens (including phenoxy) is 3. The molecule has 1 unspecified atom stereocenters. The lowest BCUT2D eigenvalue weighted by Crippen LogP contribution is -2.53. The molecule has 0 saturated carbocycles. The van der Waals surface area contributed by atoms with Crippen molar-refractivity contribution in [1.82, 2.24) is 4.90 Å². The number of carbonyl (C=O) groups excluding carboxylic acids is 2. The highest BCUT2D eigenvalue weighted by molar-refractivity contribution is 6.00. The Bertz CT molecular complexity index is 871. The minimum absolute atomic E-state index is 0.170. The highest BCUT2D eigenvalue weighted by Gasteiger charge is 2.46. The van der Waals surface area contributed by atoms with Crippen molar-refractivity contribution in [3.63, 3.8) is 0 Å². The van der Waals surface area contributed by atoms with Gasteiger partial charge in [0.25, 0.3) is 0 Å². The second kappa shape index (κ2) is 8.86. The number of nitrogens with zero attached hydrogens (tertiary/aromatic N) is 1. The number of anilines is 1. The number of likely N-dealkylation sites (tertiary alicyclic amines) is 1. The number of rotatable bonds is 6. The molecule has 1 aliphatic rings. The van der Waals surface area contributed by atoms with Crippen molar-refractivity contribution in [1.29, 1.82) is 0 Å². The number of methoxy groups -OCH3 is 2. The lowest BCUT2D eigenvalue weighted by molar-refractivity contribution is -0.125. The van der Waals surface area contributed by atoms with Gasteiger partial charge < -0.3 is 19.5 Å². The molecule has 0 spiro atoms. The summed E-state index contributed by atoms with van der Waals surface area (Å²) in [5.41, 5.74) is 0.482. The third-order valence-electron chi connectivity index (χ3n) is 5.20.